The molecule has 1 N–H and O–H groups in total. The van der Waals surface area contributed by atoms with Gasteiger partial charge in [-0.05, 0) is 30.3 Å². The second-order valence-electron chi connectivity index (χ2n) is 4.71. The summed E-state index contributed by atoms with van der Waals surface area (Å²) in [7, 11) is 0. The minimum Gasteiger partial charge on any atom is -0.485 e. The molecule has 0 aromatic heterocycles. The second kappa shape index (κ2) is 5.35. The number of ether oxygens (including phenoxy) is 1. The number of hydrogen-bond donors (Lipinski definition) is 1. The van der Waals surface area contributed by atoms with Crippen molar-refractivity contribution < 1.29 is 14.2 Å². The van der Waals surface area contributed by atoms with E-state index < -0.39 is 6.10 Å². The van der Waals surface area contributed by atoms with Crippen molar-refractivity contribution in [3.05, 3.63) is 62.8 Å². The van der Waals surface area contributed by atoms with E-state index in [0.717, 1.165) is 10.0 Å². The van der Waals surface area contributed by atoms with Gasteiger partial charge >= 0.3 is 0 Å². The standard InChI is InChI=1S/C15H11BrClFO2/c16-8-1-3-10(12(17)5-8)15-7-13(19)11-6-9(18)2-4-14(11)20-15/h1-6,13,15,19H,7H2/t13-,15?/m0/s1. The number of aliphatic hydroxyl groups excluding tert-OH is 1. The van der Waals surface area contributed by atoms with E-state index >= 15 is 0 Å². The molecule has 3 rings (SSSR count). The van der Waals surface area contributed by atoms with Crippen LogP contribution in [0.25, 0.3) is 0 Å². The number of rotatable bonds is 1. The van der Waals surface area contributed by atoms with Gasteiger partial charge in [0.15, 0.2) is 0 Å². The Kier molecular flexibility index (Phi) is 3.71. The first-order valence-corrected chi connectivity index (χ1v) is 7.31. The zero-order valence-electron chi connectivity index (χ0n) is 10.3. The van der Waals surface area contributed by atoms with Gasteiger partial charge in [0, 0.05) is 27.0 Å². The van der Waals surface area contributed by atoms with Crippen molar-refractivity contribution in [3.63, 3.8) is 0 Å². The molecule has 1 heterocycles. The van der Waals surface area contributed by atoms with Gasteiger partial charge in [-0.25, -0.2) is 4.39 Å². The smallest absolute Gasteiger partial charge is 0.128 e. The third-order valence-corrected chi connectivity index (χ3v) is 4.17. The highest BCUT2D eigenvalue weighted by atomic mass is 79.9. The summed E-state index contributed by atoms with van der Waals surface area (Å²) < 4.78 is 19.9. The summed E-state index contributed by atoms with van der Waals surface area (Å²) in [4.78, 5) is 0. The maximum absolute atomic E-state index is 13.2. The van der Waals surface area contributed by atoms with Crippen molar-refractivity contribution in [3.8, 4) is 5.75 Å². The summed E-state index contributed by atoms with van der Waals surface area (Å²) in [5, 5.41) is 10.7. The lowest BCUT2D eigenvalue weighted by atomic mass is 9.95. The van der Waals surface area contributed by atoms with E-state index in [1.165, 1.54) is 18.2 Å². The summed E-state index contributed by atoms with van der Waals surface area (Å²) >= 11 is 9.56. The molecule has 0 spiro atoms. The lowest BCUT2D eigenvalue weighted by Crippen LogP contribution is -2.19. The van der Waals surface area contributed by atoms with Crippen LogP contribution in [0.5, 0.6) is 5.75 Å². The molecule has 1 aliphatic rings. The molecule has 0 amide bonds. The molecule has 1 aliphatic heterocycles. The molecule has 0 bridgehead atoms. The average molecular weight is 358 g/mol. The summed E-state index contributed by atoms with van der Waals surface area (Å²) in [5.41, 5.74) is 1.29. The number of benzene rings is 2. The lowest BCUT2D eigenvalue weighted by Gasteiger charge is -2.30. The van der Waals surface area contributed by atoms with E-state index in [4.69, 9.17) is 16.3 Å². The normalized spacial score (nSPS) is 21.2. The molecule has 2 atom stereocenters. The number of hydrogen-bond acceptors (Lipinski definition) is 2. The van der Waals surface area contributed by atoms with Crippen molar-refractivity contribution >= 4 is 27.5 Å². The van der Waals surface area contributed by atoms with Crippen LogP contribution in [0.15, 0.2) is 40.9 Å². The van der Waals surface area contributed by atoms with Gasteiger partial charge in [-0.2, -0.15) is 0 Å². The highest BCUT2D eigenvalue weighted by molar-refractivity contribution is 9.10. The van der Waals surface area contributed by atoms with Crippen molar-refractivity contribution in [2.24, 2.45) is 0 Å². The molecule has 0 radical (unpaired) electrons. The van der Waals surface area contributed by atoms with Crippen LogP contribution in [0.1, 0.15) is 29.8 Å². The monoisotopic (exact) mass is 356 g/mol. The van der Waals surface area contributed by atoms with E-state index in [-0.39, 0.29) is 11.9 Å². The number of halogens is 3. The molecule has 2 nitrogen and oxygen atoms in total. The van der Waals surface area contributed by atoms with Gasteiger partial charge in [0.1, 0.15) is 17.7 Å². The fourth-order valence-electron chi connectivity index (χ4n) is 2.37. The molecule has 20 heavy (non-hydrogen) atoms. The molecule has 0 saturated carbocycles. The van der Waals surface area contributed by atoms with Crippen LogP contribution < -0.4 is 4.74 Å². The van der Waals surface area contributed by atoms with Crippen molar-refractivity contribution in [1.29, 1.82) is 0 Å². The Balaban J connectivity index is 1.97. The maximum atomic E-state index is 13.2. The van der Waals surface area contributed by atoms with Crippen molar-refractivity contribution in [1.82, 2.24) is 0 Å². The molecule has 2 aromatic rings. The third-order valence-electron chi connectivity index (χ3n) is 3.35. The second-order valence-corrected chi connectivity index (χ2v) is 6.03. The quantitative estimate of drug-likeness (QED) is 0.794. The van der Waals surface area contributed by atoms with Gasteiger partial charge in [-0.15, -0.1) is 0 Å². The van der Waals surface area contributed by atoms with Gasteiger partial charge in [0.25, 0.3) is 0 Å². The molecule has 104 valence electrons. The number of aliphatic hydroxyl groups is 1. The predicted molar refractivity (Wildman–Crippen MR) is 78.5 cm³/mol. The highest BCUT2D eigenvalue weighted by Crippen LogP contribution is 2.42. The van der Waals surface area contributed by atoms with Crippen LogP contribution in [0.2, 0.25) is 5.02 Å². The van der Waals surface area contributed by atoms with E-state index in [0.29, 0.717) is 22.8 Å². The van der Waals surface area contributed by atoms with Gasteiger partial charge in [0.05, 0.1) is 6.10 Å². The molecule has 1 unspecified atom stereocenters. The van der Waals surface area contributed by atoms with Crippen LogP contribution in [-0.4, -0.2) is 5.11 Å². The Morgan fingerprint density at radius 1 is 1.20 bits per heavy atom. The van der Waals surface area contributed by atoms with Gasteiger partial charge in [-0.3, -0.25) is 0 Å². The third kappa shape index (κ3) is 2.55. The van der Waals surface area contributed by atoms with Crippen LogP contribution in [0.3, 0.4) is 0 Å². The predicted octanol–water partition coefficient (Wildman–Crippen LogP) is 4.80. The molecule has 0 aliphatic carbocycles. The Bertz CT molecular complexity index is 662. The Morgan fingerprint density at radius 3 is 2.75 bits per heavy atom. The zero-order valence-corrected chi connectivity index (χ0v) is 12.7. The Hall–Kier alpha value is -1.10. The van der Waals surface area contributed by atoms with Crippen LogP contribution >= 0.6 is 27.5 Å². The average Bonchev–Trinajstić information content (AvgIpc) is 2.39. The lowest BCUT2D eigenvalue weighted by molar-refractivity contribution is 0.0654. The summed E-state index contributed by atoms with van der Waals surface area (Å²) in [6, 6.07) is 9.67. The van der Waals surface area contributed by atoms with Crippen LogP contribution in [-0.2, 0) is 0 Å². The summed E-state index contributed by atoms with van der Waals surface area (Å²) in [6.45, 7) is 0. The van der Waals surface area contributed by atoms with Crippen LogP contribution in [0.4, 0.5) is 4.39 Å². The molecular formula is C15H11BrClFO2. The SMILES string of the molecule is O[C@H]1CC(c2ccc(Br)cc2Cl)Oc2ccc(F)cc21. The first-order valence-electron chi connectivity index (χ1n) is 6.13. The molecule has 0 fully saturated rings. The molecular weight excluding hydrogens is 347 g/mol. The minimum absolute atomic E-state index is 0.344. The Morgan fingerprint density at radius 2 is 2.00 bits per heavy atom. The van der Waals surface area contributed by atoms with Crippen molar-refractivity contribution in [2.75, 3.05) is 0 Å². The first-order chi connectivity index (χ1) is 9.54. The van der Waals surface area contributed by atoms with E-state index in [9.17, 15) is 9.50 Å². The van der Waals surface area contributed by atoms with Crippen LogP contribution in [0, 0.1) is 5.82 Å². The molecule has 5 heteroatoms. The van der Waals surface area contributed by atoms with E-state index in [1.54, 1.807) is 6.07 Å². The number of fused-ring (bicyclic) bond motifs is 1. The van der Waals surface area contributed by atoms with E-state index in [1.807, 2.05) is 12.1 Å². The maximum Gasteiger partial charge on any atom is 0.128 e. The van der Waals surface area contributed by atoms with Crippen molar-refractivity contribution in [2.45, 2.75) is 18.6 Å². The summed E-state index contributed by atoms with van der Waals surface area (Å²) in [6.07, 6.45) is -0.764. The first kappa shape index (κ1) is 13.9. The van der Waals surface area contributed by atoms with Gasteiger partial charge in [0.2, 0.25) is 0 Å². The van der Waals surface area contributed by atoms with Gasteiger partial charge in [-0.1, -0.05) is 33.6 Å². The molecule has 0 saturated heterocycles. The highest BCUT2D eigenvalue weighted by Gasteiger charge is 2.29. The fourth-order valence-corrected chi connectivity index (χ4v) is 3.17. The topological polar surface area (TPSA) is 29.5 Å². The molecule has 2 aromatic carbocycles. The minimum atomic E-state index is -0.765. The fraction of sp³-hybridized carbons (Fsp3) is 0.200. The Labute approximate surface area is 129 Å². The summed E-state index contributed by atoms with van der Waals surface area (Å²) in [5.74, 6) is 0.112. The largest absolute Gasteiger partial charge is 0.485 e. The van der Waals surface area contributed by atoms with E-state index in [2.05, 4.69) is 15.9 Å². The van der Waals surface area contributed by atoms with Gasteiger partial charge < -0.3 is 9.84 Å². The zero-order chi connectivity index (χ0) is 14.3.